The summed E-state index contributed by atoms with van der Waals surface area (Å²) in [5.74, 6) is 0. The van der Waals surface area contributed by atoms with E-state index in [4.69, 9.17) is 5.26 Å². The highest BCUT2D eigenvalue weighted by molar-refractivity contribution is 5.66. The molecule has 0 atom stereocenters. The smallest absolute Gasteiger partial charge is 0.101 e. The number of anilines is 2. The van der Waals surface area contributed by atoms with Gasteiger partial charge in [-0.1, -0.05) is 6.07 Å². The van der Waals surface area contributed by atoms with Crippen LogP contribution in [0.1, 0.15) is 11.1 Å². The zero-order chi connectivity index (χ0) is 11.4. The van der Waals surface area contributed by atoms with Gasteiger partial charge >= 0.3 is 0 Å². The molecule has 1 aromatic heterocycles. The highest BCUT2D eigenvalue weighted by Crippen LogP contribution is 2.20. The van der Waals surface area contributed by atoms with Crippen LogP contribution in [0.4, 0.5) is 11.4 Å². The number of nitrogens with zero attached hydrogens (tertiary/aromatic N) is 2. The summed E-state index contributed by atoms with van der Waals surface area (Å²) in [7, 11) is 0. The van der Waals surface area contributed by atoms with Crippen LogP contribution in [0.2, 0.25) is 0 Å². The number of hydrogen-bond donors (Lipinski definition) is 1. The van der Waals surface area contributed by atoms with E-state index in [1.165, 1.54) is 0 Å². The van der Waals surface area contributed by atoms with Crippen LogP contribution in [0.25, 0.3) is 0 Å². The van der Waals surface area contributed by atoms with Crippen LogP contribution in [0, 0.1) is 18.3 Å². The molecule has 3 heteroatoms. The van der Waals surface area contributed by atoms with Crippen molar-refractivity contribution in [3.8, 4) is 6.07 Å². The van der Waals surface area contributed by atoms with Crippen LogP contribution in [-0.2, 0) is 0 Å². The minimum Gasteiger partial charge on any atom is -0.353 e. The predicted octanol–water partition coefficient (Wildman–Crippen LogP) is 3.01. The molecule has 1 N–H and O–H groups in total. The van der Waals surface area contributed by atoms with Crippen molar-refractivity contribution in [3.63, 3.8) is 0 Å². The maximum absolute atomic E-state index is 9.02. The molecule has 1 heterocycles. The van der Waals surface area contributed by atoms with Crippen molar-refractivity contribution in [1.82, 2.24) is 4.98 Å². The lowest BCUT2D eigenvalue weighted by Crippen LogP contribution is -1.94. The average Bonchev–Trinajstić information content (AvgIpc) is 2.33. The zero-order valence-electron chi connectivity index (χ0n) is 8.94. The summed E-state index contributed by atoms with van der Waals surface area (Å²) in [6.45, 7) is 1.97. The van der Waals surface area contributed by atoms with E-state index >= 15 is 0 Å². The number of nitriles is 1. The number of aromatic nitrogens is 1. The largest absolute Gasteiger partial charge is 0.353 e. The molecule has 78 valence electrons. The molecule has 0 aliphatic heterocycles. The average molecular weight is 209 g/mol. The van der Waals surface area contributed by atoms with Crippen LogP contribution >= 0.6 is 0 Å². The van der Waals surface area contributed by atoms with Gasteiger partial charge in [-0.25, -0.2) is 0 Å². The Labute approximate surface area is 94.4 Å². The lowest BCUT2D eigenvalue weighted by atomic mass is 10.1. The van der Waals surface area contributed by atoms with Crippen LogP contribution in [0.5, 0.6) is 0 Å². The second-order valence-corrected chi connectivity index (χ2v) is 3.53. The van der Waals surface area contributed by atoms with E-state index in [0.29, 0.717) is 5.56 Å². The molecule has 0 amide bonds. The Kier molecular flexibility index (Phi) is 2.84. The fourth-order valence-electron chi connectivity index (χ4n) is 1.45. The number of nitrogens with one attached hydrogen (secondary N) is 1. The molecule has 0 fully saturated rings. The van der Waals surface area contributed by atoms with Gasteiger partial charge in [-0.15, -0.1) is 0 Å². The molecule has 0 bridgehead atoms. The van der Waals surface area contributed by atoms with E-state index in [0.717, 1.165) is 16.9 Å². The Bertz CT molecular complexity index is 527. The summed E-state index contributed by atoms with van der Waals surface area (Å²) in [4.78, 5) is 4.01. The number of aryl methyl sites for hydroxylation is 1. The van der Waals surface area contributed by atoms with E-state index in [9.17, 15) is 0 Å². The van der Waals surface area contributed by atoms with Gasteiger partial charge < -0.3 is 5.32 Å². The maximum atomic E-state index is 9.02. The zero-order valence-corrected chi connectivity index (χ0v) is 8.94. The summed E-state index contributed by atoms with van der Waals surface area (Å²) < 4.78 is 0. The summed E-state index contributed by atoms with van der Waals surface area (Å²) in [6.07, 6.45) is 3.44. The lowest BCUT2D eigenvalue weighted by molar-refractivity contribution is 1.32. The third kappa shape index (κ3) is 2.18. The van der Waals surface area contributed by atoms with Gasteiger partial charge in [0.15, 0.2) is 0 Å². The SMILES string of the molecule is Cc1ccc(Nc2cccnc2)c(C#N)c1. The van der Waals surface area contributed by atoms with E-state index in [2.05, 4.69) is 16.4 Å². The van der Waals surface area contributed by atoms with Gasteiger partial charge in [-0.3, -0.25) is 4.98 Å². The summed E-state index contributed by atoms with van der Waals surface area (Å²) in [5.41, 5.74) is 3.40. The Morgan fingerprint density at radius 2 is 2.19 bits per heavy atom. The summed E-state index contributed by atoms with van der Waals surface area (Å²) in [5, 5.41) is 12.2. The fraction of sp³-hybridized carbons (Fsp3) is 0.0769. The monoisotopic (exact) mass is 209 g/mol. The highest BCUT2D eigenvalue weighted by atomic mass is 14.9. The molecule has 0 radical (unpaired) electrons. The van der Waals surface area contributed by atoms with Crippen molar-refractivity contribution in [2.75, 3.05) is 5.32 Å². The molecule has 1 aromatic carbocycles. The number of pyridine rings is 1. The van der Waals surface area contributed by atoms with Crippen LogP contribution < -0.4 is 5.32 Å². The third-order valence-corrected chi connectivity index (χ3v) is 2.24. The first-order chi connectivity index (χ1) is 7.79. The van der Waals surface area contributed by atoms with Gasteiger partial charge in [0.25, 0.3) is 0 Å². The Morgan fingerprint density at radius 1 is 1.31 bits per heavy atom. The van der Waals surface area contributed by atoms with Crippen LogP contribution in [0.3, 0.4) is 0 Å². The maximum Gasteiger partial charge on any atom is 0.101 e. The molecular formula is C13H11N3. The number of rotatable bonds is 2. The molecule has 2 aromatic rings. The van der Waals surface area contributed by atoms with E-state index < -0.39 is 0 Å². The molecule has 0 unspecified atom stereocenters. The second-order valence-electron chi connectivity index (χ2n) is 3.53. The minimum absolute atomic E-state index is 0.642. The van der Waals surface area contributed by atoms with Crippen molar-refractivity contribution in [1.29, 1.82) is 5.26 Å². The predicted molar refractivity (Wildman–Crippen MR) is 63.4 cm³/mol. The minimum atomic E-state index is 0.642. The van der Waals surface area contributed by atoms with Crippen molar-refractivity contribution >= 4 is 11.4 Å². The molecule has 0 saturated heterocycles. The molecular weight excluding hydrogens is 198 g/mol. The van der Waals surface area contributed by atoms with Crippen molar-refractivity contribution in [3.05, 3.63) is 53.9 Å². The van der Waals surface area contributed by atoms with E-state index in [1.54, 1.807) is 12.4 Å². The Hall–Kier alpha value is -2.34. The van der Waals surface area contributed by atoms with Crippen molar-refractivity contribution in [2.45, 2.75) is 6.92 Å². The lowest BCUT2D eigenvalue weighted by Gasteiger charge is -2.07. The number of benzene rings is 1. The molecule has 0 aliphatic rings. The van der Waals surface area contributed by atoms with Crippen LogP contribution in [-0.4, -0.2) is 4.98 Å². The standard InChI is InChI=1S/C13H11N3/c1-10-4-5-13(11(7-10)8-14)16-12-3-2-6-15-9-12/h2-7,9,16H,1H3. The van der Waals surface area contributed by atoms with Gasteiger partial charge in [-0.2, -0.15) is 5.26 Å². The third-order valence-electron chi connectivity index (χ3n) is 2.24. The van der Waals surface area contributed by atoms with E-state index in [-0.39, 0.29) is 0 Å². The second kappa shape index (κ2) is 4.45. The topological polar surface area (TPSA) is 48.7 Å². The van der Waals surface area contributed by atoms with Crippen LogP contribution in [0.15, 0.2) is 42.7 Å². The van der Waals surface area contributed by atoms with Crippen molar-refractivity contribution in [2.24, 2.45) is 0 Å². The van der Waals surface area contributed by atoms with Gasteiger partial charge in [0.2, 0.25) is 0 Å². The normalized spacial score (nSPS) is 9.50. The fourth-order valence-corrected chi connectivity index (χ4v) is 1.45. The molecule has 3 nitrogen and oxygen atoms in total. The first kappa shape index (κ1) is 10.2. The van der Waals surface area contributed by atoms with Gasteiger partial charge in [0.1, 0.15) is 6.07 Å². The van der Waals surface area contributed by atoms with Crippen molar-refractivity contribution < 1.29 is 0 Å². The Balaban J connectivity index is 2.32. The van der Waals surface area contributed by atoms with E-state index in [1.807, 2.05) is 37.3 Å². The summed E-state index contributed by atoms with van der Waals surface area (Å²) >= 11 is 0. The summed E-state index contributed by atoms with van der Waals surface area (Å²) in [6, 6.07) is 11.7. The molecule has 16 heavy (non-hydrogen) atoms. The first-order valence-corrected chi connectivity index (χ1v) is 4.97. The molecule has 2 rings (SSSR count). The molecule has 0 spiro atoms. The van der Waals surface area contributed by atoms with Gasteiger partial charge in [-0.05, 0) is 36.8 Å². The highest BCUT2D eigenvalue weighted by Gasteiger charge is 2.02. The first-order valence-electron chi connectivity index (χ1n) is 4.97. The van der Waals surface area contributed by atoms with Gasteiger partial charge in [0.05, 0.1) is 23.1 Å². The molecule has 0 aliphatic carbocycles. The molecule has 0 saturated carbocycles. The Morgan fingerprint density at radius 3 is 2.88 bits per heavy atom. The quantitative estimate of drug-likeness (QED) is 0.827. The van der Waals surface area contributed by atoms with Gasteiger partial charge in [0, 0.05) is 6.20 Å². The number of hydrogen-bond acceptors (Lipinski definition) is 3.